The molecule has 4 aromatic rings. The molecule has 0 aliphatic carbocycles. The molecule has 35 heavy (non-hydrogen) atoms. The fraction of sp³-hybridized carbons (Fsp3) is 0.269. The Hall–Kier alpha value is -3.95. The third-order valence-corrected chi connectivity index (χ3v) is 6.05. The second-order valence-corrected chi connectivity index (χ2v) is 8.46. The molecule has 0 unspecified atom stereocenters. The van der Waals surface area contributed by atoms with E-state index in [1.54, 1.807) is 16.8 Å². The molecule has 3 heterocycles. The summed E-state index contributed by atoms with van der Waals surface area (Å²) in [7, 11) is 0. The summed E-state index contributed by atoms with van der Waals surface area (Å²) in [5.74, 6) is 1.50. The zero-order chi connectivity index (χ0) is 24.2. The van der Waals surface area contributed by atoms with Crippen molar-refractivity contribution in [3.63, 3.8) is 0 Å². The molecule has 5 rings (SSSR count). The summed E-state index contributed by atoms with van der Waals surface area (Å²) in [6, 6.07) is 16.9. The highest BCUT2D eigenvalue weighted by atomic mass is 16.5. The third-order valence-electron chi connectivity index (χ3n) is 6.05. The summed E-state index contributed by atoms with van der Waals surface area (Å²) in [5.41, 5.74) is 9.16. The van der Waals surface area contributed by atoms with Crippen LogP contribution < -0.4 is 15.8 Å². The van der Waals surface area contributed by atoms with Gasteiger partial charge in [0.1, 0.15) is 11.6 Å². The summed E-state index contributed by atoms with van der Waals surface area (Å²) in [6.45, 7) is 6.90. The van der Waals surface area contributed by atoms with Crippen molar-refractivity contribution in [3.8, 4) is 22.8 Å². The van der Waals surface area contributed by atoms with E-state index < -0.39 is 5.91 Å². The van der Waals surface area contributed by atoms with Gasteiger partial charge >= 0.3 is 0 Å². The molecule has 0 bridgehead atoms. The molecule has 180 valence electrons. The van der Waals surface area contributed by atoms with Gasteiger partial charge in [0.2, 0.25) is 11.8 Å². The quantitative estimate of drug-likeness (QED) is 0.405. The second-order valence-electron chi connectivity index (χ2n) is 8.46. The van der Waals surface area contributed by atoms with Crippen LogP contribution in [0.1, 0.15) is 15.9 Å². The van der Waals surface area contributed by atoms with Gasteiger partial charge in [0.25, 0.3) is 0 Å². The number of nitrogens with one attached hydrogen (secondary N) is 1. The third kappa shape index (κ3) is 5.11. The minimum atomic E-state index is -0.447. The van der Waals surface area contributed by atoms with Crippen LogP contribution in [0.15, 0.2) is 60.8 Å². The number of benzene rings is 2. The highest BCUT2D eigenvalue weighted by Gasteiger charge is 2.16. The van der Waals surface area contributed by atoms with Gasteiger partial charge in [-0.1, -0.05) is 30.3 Å². The van der Waals surface area contributed by atoms with Gasteiger partial charge in [0.05, 0.1) is 19.4 Å². The first kappa shape index (κ1) is 22.8. The van der Waals surface area contributed by atoms with Crippen molar-refractivity contribution < 1.29 is 14.3 Å². The van der Waals surface area contributed by atoms with Gasteiger partial charge in [0, 0.05) is 43.4 Å². The van der Waals surface area contributed by atoms with Crippen LogP contribution in [0.2, 0.25) is 0 Å². The molecule has 1 aliphatic rings. The molecular weight excluding hydrogens is 444 g/mol. The Labute approximate surface area is 203 Å². The van der Waals surface area contributed by atoms with E-state index in [0.29, 0.717) is 22.8 Å². The Morgan fingerprint density at radius 3 is 2.69 bits per heavy atom. The van der Waals surface area contributed by atoms with Crippen molar-refractivity contribution in [1.29, 1.82) is 0 Å². The van der Waals surface area contributed by atoms with Gasteiger partial charge in [-0.3, -0.25) is 9.69 Å². The molecule has 1 fully saturated rings. The number of morpholine rings is 1. The lowest BCUT2D eigenvalue weighted by Crippen LogP contribution is -2.39. The van der Waals surface area contributed by atoms with Gasteiger partial charge in [-0.15, -0.1) is 0 Å². The Morgan fingerprint density at radius 1 is 1.14 bits per heavy atom. The molecule has 3 N–H and O–H groups in total. The number of hydrogen-bond acceptors (Lipinski definition) is 7. The predicted octanol–water partition coefficient (Wildman–Crippen LogP) is 3.34. The molecule has 1 aliphatic heterocycles. The number of nitrogens with two attached hydrogens (primary N) is 1. The molecule has 2 aromatic heterocycles. The van der Waals surface area contributed by atoms with Crippen LogP contribution in [-0.4, -0.2) is 64.8 Å². The average Bonchev–Trinajstić information content (AvgIpc) is 3.29. The minimum Gasteiger partial charge on any atom is -0.439 e. The SMILES string of the molecule is Cc1cc(-c2cnn3c(NCCN4CCOCC4)cc(Oc4ccccc4)nc23)ccc1C(N)=O. The van der Waals surface area contributed by atoms with E-state index in [4.69, 9.17) is 20.2 Å². The summed E-state index contributed by atoms with van der Waals surface area (Å²) in [5, 5.41) is 8.10. The molecule has 0 spiro atoms. The lowest BCUT2D eigenvalue weighted by molar-refractivity contribution is 0.0398. The van der Waals surface area contributed by atoms with Crippen molar-refractivity contribution >= 4 is 17.4 Å². The number of nitrogens with zero attached hydrogens (tertiary/aromatic N) is 4. The van der Waals surface area contributed by atoms with Crippen LogP contribution in [0.3, 0.4) is 0 Å². The van der Waals surface area contributed by atoms with Crippen molar-refractivity contribution in [2.75, 3.05) is 44.7 Å². The van der Waals surface area contributed by atoms with E-state index in [0.717, 1.165) is 61.9 Å². The monoisotopic (exact) mass is 472 g/mol. The van der Waals surface area contributed by atoms with Gasteiger partial charge in [-0.25, -0.2) is 0 Å². The first-order valence-electron chi connectivity index (χ1n) is 11.6. The Bertz CT molecular complexity index is 1330. The zero-order valence-corrected chi connectivity index (χ0v) is 19.6. The molecule has 2 aromatic carbocycles. The van der Waals surface area contributed by atoms with Gasteiger partial charge in [0.15, 0.2) is 5.65 Å². The maximum Gasteiger partial charge on any atom is 0.248 e. The van der Waals surface area contributed by atoms with E-state index in [-0.39, 0.29) is 0 Å². The number of rotatable bonds is 8. The van der Waals surface area contributed by atoms with Gasteiger partial charge in [-0.2, -0.15) is 14.6 Å². The smallest absolute Gasteiger partial charge is 0.248 e. The van der Waals surface area contributed by atoms with Crippen LogP contribution in [-0.2, 0) is 4.74 Å². The van der Waals surface area contributed by atoms with Crippen molar-refractivity contribution in [2.24, 2.45) is 5.73 Å². The predicted molar refractivity (Wildman–Crippen MR) is 134 cm³/mol. The van der Waals surface area contributed by atoms with E-state index in [1.165, 1.54) is 0 Å². The topological polar surface area (TPSA) is 107 Å². The van der Waals surface area contributed by atoms with E-state index >= 15 is 0 Å². The first-order valence-corrected chi connectivity index (χ1v) is 11.6. The van der Waals surface area contributed by atoms with Crippen LogP contribution in [0.25, 0.3) is 16.8 Å². The molecule has 9 heteroatoms. The Kier molecular flexibility index (Phi) is 6.60. The average molecular weight is 473 g/mol. The maximum absolute atomic E-state index is 11.7. The maximum atomic E-state index is 11.7. The lowest BCUT2D eigenvalue weighted by atomic mass is 10.0. The van der Waals surface area contributed by atoms with Crippen molar-refractivity contribution in [1.82, 2.24) is 19.5 Å². The zero-order valence-electron chi connectivity index (χ0n) is 19.6. The fourth-order valence-electron chi connectivity index (χ4n) is 4.21. The number of carbonyl (C=O) groups is 1. The number of ether oxygens (including phenoxy) is 2. The summed E-state index contributed by atoms with van der Waals surface area (Å²) in [6.07, 6.45) is 1.78. The molecule has 0 atom stereocenters. The number of aryl methyl sites for hydroxylation is 1. The first-order chi connectivity index (χ1) is 17.1. The minimum absolute atomic E-state index is 0.447. The van der Waals surface area contributed by atoms with E-state index in [1.807, 2.05) is 55.5 Å². The number of primary amides is 1. The Balaban J connectivity index is 1.49. The normalized spacial score (nSPS) is 14.2. The van der Waals surface area contributed by atoms with Crippen LogP contribution >= 0.6 is 0 Å². The van der Waals surface area contributed by atoms with Crippen LogP contribution in [0, 0.1) is 6.92 Å². The summed E-state index contributed by atoms with van der Waals surface area (Å²) < 4.78 is 13.3. The summed E-state index contributed by atoms with van der Waals surface area (Å²) >= 11 is 0. The molecule has 9 nitrogen and oxygen atoms in total. The van der Waals surface area contributed by atoms with Crippen LogP contribution in [0.4, 0.5) is 5.82 Å². The van der Waals surface area contributed by atoms with Crippen LogP contribution in [0.5, 0.6) is 11.6 Å². The molecule has 1 amide bonds. The lowest BCUT2D eigenvalue weighted by Gasteiger charge is -2.26. The number of aromatic nitrogens is 3. The highest BCUT2D eigenvalue weighted by molar-refractivity contribution is 5.95. The fourth-order valence-corrected chi connectivity index (χ4v) is 4.21. The van der Waals surface area contributed by atoms with E-state index in [2.05, 4.69) is 15.3 Å². The standard InChI is InChI=1S/C26H28N6O3/c1-18-15-19(7-8-21(18)25(27)33)22-17-29-32-23(28-9-10-31-11-13-34-14-12-31)16-24(30-26(22)32)35-20-5-3-2-4-6-20/h2-8,15-17,28H,9-14H2,1H3,(H2,27,33). The number of para-hydroxylation sites is 1. The largest absolute Gasteiger partial charge is 0.439 e. The van der Waals surface area contributed by atoms with Gasteiger partial charge in [-0.05, 0) is 36.2 Å². The highest BCUT2D eigenvalue weighted by Crippen LogP contribution is 2.30. The Morgan fingerprint density at radius 2 is 1.94 bits per heavy atom. The second kappa shape index (κ2) is 10.1. The number of hydrogen-bond donors (Lipinski definition) is 2. The molecular formula is C26H28N6O3. The number of fused-ring (bicyclic) bond motifs is 1. The van der Waals surface area contributed by atoms with Crippen molar-refractivity contribution in [3.05, 3.63) is 71.9 Å². The molecule has 0 radical (unpaired) electrons. The molecule has 1 saturated heterocycles. The van der Waals surface area contributed by atoms with E-state index in [9.17, 15) is 4.79 Å². The summed E-state index contributed by atoms with van der Waals surface area (Å²) in [4.78, 5) is 18.8. The molecule has 0 saturated carbocycles. The number of anilines is 1. The number of carbonyl (C=O) groups excluding carboxylic acids is 1. The van der Waals surface area contributed by atoms with Crippen molar-refractivity contribution in [2.45, 2.75) is 6.92 Å². The van der Waals surface area contributed by atoms with Gasteiger partial charge < -0.3 is 20.5 Å². The number of amides is 1.